The van der Waals surface area contributed by atoms with Crippen LogP contribution in [0.5, 0.6) is 0 Å². The highest BCUT2D eigenvalue weighted by molar-refractivity contribution is 9.10. The molecule has 2 N–H and O–H groups in total. The van der Waals surface area contributed by atoms with Crippen molar-refractivity contribution >= 4 is 27.6 Å². The zero-order chi connectivity index (χ0) is 13.2. The molecule has 1 aliphatic rings. The van der Waals surface area contributed by atoms with Gasteiger partial charge in [-0.1, -0.05) is 15.9 Å². The first-order chi connectivity index (χ1) is 8.48. The number of carboxylic acid groups (broad SMARTS) is 1. The summed E-state index contributed by atoms with van der Waals surface area (Å²) in [4.78, 5) is 12.8. The van der Waals surface area contributed by atoms with E-state index in [9.17, 15) is 9.90 Å². The van der Waals surface area contributed by atoms with Crippen molar-refractivity contribution in [1.29, 1.82) is 0 Å². The Morgan fingerprint density at radius 1 is 1.39 bits per heavy atom. The molecule has 4 nitrogen and oxygen atoms in total. The van der Waals surface area contributed by atoms with Crippen LogP contribution in [0.15, 0.2) is 28.7 Å². The molecule has 0 radical (unpaired) electrons. The number of halogens is 1. The number of aliphatic hydroxyl groups is 1. The van der Waals surface area contributed by atoms with Crippen molar-refractivity contribution in [3.05, 3.63) is 28.7 Å². The fourth-order valence-electron chi connectivity index (χ4n) is 2.41. The van der Waals surface area contributed by atoms with Gasteiger partial charge in [-0.05, 0) is 37.1 Å². The molecule has 1 heterocycles. The molecule has 0 amide bonds. The largest absolute Gasteiger partial charge is 0.481 e. The maximum Gasteiger partial charge on any atom is 0.306 e. The Bertz CT molecular complexity index is 434. The fraction of sp³-hybridized carbons (Fsp3) is 0.462. The van der Waals surface area contributed by atoms with Crippen molar-refractivity contribution in [2.45, 2.75) is 24.9 Å². The molecule has 1 aromatic rings. The molecule has 1 fully saturated rings. The smallest absolute Gasteiger partial charge is 0.306 e. The third-order valence-electron chi connectivity index (χ3n) is 3.23. The standard InChI is InChI=1S/C13H16BrNO3/c14-10-2-4-11(5-3-10)15-7-1-6-13(18,9-15)8-12(16)17/h2-5,18H,1,6-9H2,(H,16,17). The summed E-state index contributed by atoms with van der Waals surface area (Å²) in [5.74, 6) is -0.949. The highest BCUT2D eigenvalue weighted by Gasteiger charge is 2.35. The summed E-state index contributed by atoms with van der Waals surface area (Å²) in [6.45, 7) is 1.23. The molecule has 1 saturated heterocycles. The molecule has 1 atom stereocenters. The van der Waals surface area contributed by atoms with Crippen LogP contribution in [0.1, 0.15) is 19.3 Å². The van der Waals surface area contributed by atoms with Crippen molar-refractivity contribution < 1.29 is 15.0 Å². The highest BCUT2D eigenvalue weighted by Crippen LogP contribution is 2.29. The second-order valence-electron chi connectivity index (χ2n) is 4.80. The molecule has 1 aliphatic heterocycles. The van der Waals surface area contributed by atoms with E-state index < -0.39 is 11.6 Å². The molecule has 2 rings (SSSR count). The molecule has 1 unspecified atom stereocenters. The zero-order valence-corrected chi connectivity index (χ0v) is 11.6. The van der Waals surface area contributed by atoms with Gasteiger partial charge in [0.25, 0.3) is 0 Å². The molecule has 18 heavy (non-hydrogen) atoms. The van der Waals surface area contributed by atoms with Crippen LogP contribution in [0, 0.1) is 0 Å². The van der Waals surface area contributed by atoms with Crippen molar-refractivity contribution in [3.8, 4) is 0 Å². The van der Waals surface area contributed by atoms with Gasteiger partial charge in [0, 0.05) is 23.2 Å². The number of rotatable bonds is 3. The number of carbonyl (C=O) groups is 1. The van der Waals surface area contributed by atoms with E-state index >= 15 is 0 Å². The van der Waals surface area contributed by atoms with Gasteiger partial charge in [0.2, 0.25) is 0 Å². The molecule has 0 aliphatic carbocycles. The molecule has 5 heteroatoms. The van der Waals surface area contributed by atoms with Gasteiger partial charge in [0.15, 0.2) is 0 Å². The number of anilines is 1. The van der Waals surface area contributed by atoms with Crippen LogP contribution in [0.4, 0.5) is 5.69 Å². The Morgan fingerprint density at radius 3 is 2.67 bits per heavy atom. The lowest BCUT2D eigenvalue weighted by Gasteiger charge is -2.39. The van der Waals surface area contributed by atoms with Crippen molar-refractivity contribution in [2.75, 3.05) is 18.0 Å². The predicted octanol–water partition coefficient (Wildman–Crippen LogP) is 2.26. The van der Waals surface area contributed by atoms with E-state index in [2.05, 4.69) is 15.9 Å². The van der Waals surface area contributed by atoms with Crippen molar-refractivity contribution in [1.82, 2.24) is 0 Å². The quantitative estimate of drug-likeness (QED) is 0.898. The Labute approximate surface area is 114 Å². The molecule has 98 valence electrons. The summed E-state index contributed by atoms with van der Waals surface area (Å²) in [5, 5.41) is 19.1. The summed E-state index contributed by atoms with van der Waals surface area (Å²) in [6, 6.07) is 7.83. The van der Waals surface area contributed by atoms with Crippen molar-refractivity contribution in [3.63, 3.8) is 0 Å². The fourth-order valence-corrected chi connectivity index (χ4v) is 2.67. The molecular formula is C13H16BrNO3. The minimum absolute atomic E-state index is 0.194. The highest BCUT2D eigenvalue weighted by atomic mass is 79.9. The number of hydrogen-bond donors (Lipinski definition) is 2. The van der Waals surface area contributed by atoms with Crippen LogP contribution in [0.25, 0.3) is 0 Å². The normalized spacial score (nSPS) is 24.0. The lowest BCUT2D eigenvalue weighted by molar-refractivity contribution is -0.142. The van der Waals surface area contributed by atoms with Gasteiger partial charge in [-0.25, -0.2) is 0 Å². The Hall–Kier alpha value is -1.07. The van der Waals surface area contributed by atoms with Gasteiger partial charge in [-0.15, -0.1) is 0 Å². The number of nitrogens with zero attached hydrogens (tertiary/aromatic N) is 1. The minimum Gasteiger partial charge on any atom is -0.481 e. The second-order valence-corrected chi connectivity index (χ2v) is 5.71. The summed E-state index contributed by atoms with van der Waals surface area (Å²) < 4.78 is 1.00. The molecule has 0 spiro atoms. The molecule has 0 saturated carbocycles. The second kappa shape index (κ2) is 5.28. The van der Waals surface area contributed by atoms with E-state index in [1.54, 1.807) is 0 Å². The number of hydrogen-bond acceptors (Lipinski definition) is 3. The maximum absolute atomic E-state index is 10.8. The Balaban J connectivity index is 2.11. The average Bonchev–Trinajstić information content (AvgIpc) is 2.28. The van der Waals surface area contributed by atoms with Crippen LogP contribution < -0.4 is 4.90 Å². The third kappa shape index (κ3) is 3.23. The topological polar surface area (TPSA) is 60.8 Å². The first kappa shape index (κ1) is 13.4. The Kier molecular flexibility index (Phi) is 3.92. The maximum atomic E-state index is 10.8. The molecular weight excluding hydrogens is 298 g/mol. The molecule has 0 aromatic heterocycles. The SMILES string of the molecule is O=C(O)CC1(O)CCCN(c2ccc(Br)cc2)C1. The van der Waals surface area contributed by atoms with E-state index in [1.165, 1.54) is 0 Å². The number of aliphatic carboxylic acids is 1. The summed E-state index contributed by atoms with van der Waals surface area (Å²) in [5.41, 5.74) is -0.0985. The zero-order valence-electron chi connectivity index (χ0n) is 9.97. The van der Waals surface area contributed by atoms with Crippen LogP contribution in [-0.4, -0.2) is 34.9 Å². The molecule has 0 bridgehead atoms. The lowest BCUT2D eigenvalue weighted by atomic mass is 9.89. The number of piperidine rings is 1. The third-order valence-corrected chi connectivity index (χ3v) is 3.76. The van der Waals surface area contributed by atoms with Crippen LogP contribution in [0.2, 0.25) is 0 Å². The summed E-state index contributed by atoms with van der Waals surface area (Å²) >= 11 is 3.38. The van der Waals surface area contributed by atoms with Gasteiger partial charge in [-0.3, -0.25) is 4.79 Å². The predicted molar refractivity (Wildman–Crippen MR) is 72.8 cm³/mol. The van der Waals surface area contributed by atoms with Gasteiger partial charge in [-0.2, -0.15) is 0 Å². The first-order valence-electron chi connectivity index (χ1n) is 5.93. The van der Waals surface area contributed by atoms with E-state index in [1.807, 2.05) is 29.2 Å². The van der Waals surface area contributed by atoms with Gasteiger partial charge >= 0.3 is 5.97 Å². The van der Waals surface area contributed by atoms with E-state index in [-0.39, 0.29) is 6.42 Å². The molecule has 1 aromatic carbocycles. The van der Waals surface area contributed by atoms with Crippen LogP contribution in [0.3, 0.4) is 0 Å². The number of carboxylic acids is 1. The summed E-state index contributed by atoms with van der Waals surface area (Å²) in [6.07, 6.45) is 1.16. The number of β-amino-alcohol motifs (C(OH)–C–C–N with tert-alkyl or cyclic N) is 1. The van der Waals surface area contributed by atoms with Gasteiger partial charge in [0.05, 0.1) is 12.0 Å². The average molecular weight is 314 g/mol. The van der Waals surface area contributed by atoms with Crippen LogP contribution in [-0.2, 0) is 4.79 Å². The first-order valence-corrected chi connectivity index (χ1v) is 6.72. The summed E-state index contributed by atoms with van der Waals surface area (Å²) in [7, 11) is 0. The van der Waals surface area contributed by atoms with E-state index in [0.29, 0.717) is 13.0 Å². The van der Waals surface area contributed by atoms with Crippen LogP contribution >= 0.6 is 15.9 Å². The number of benzene rings is 1. The lowest BCUT2D eigenvalue weighted by Crippen LogP contribution is -2.49. The van der Waals surface area contributed by atoms with Gasteiger partial charge in [0.1, 0.15) is 0 Å². The Morgan fingerprint density at radius 2 is 2.06 bits per heavy atom. The van der Waals surface area contributed by atoms with E-state index in [0.717, 1.165) is 23.1 Å². The van der Waals surface area contributed by atoms with Gasteiger partial charge < -0.3 is 15.1 Å². The minimum atomic E-state index is -1.11. The van der Waals surface area contributed by atoms with Crippen molar-refractivity contribution in [2.24, 2.45) is 0 Å². The monoisotopic (exact) mass is 313 g/mol. The van der Waals surface area contributed by atoms with E-state index in [4.69, 9.17) is 5.11 Å².